The Balaban J connectivity index is 1.51. The van der Waals surface area contributed by atoms with Gasteiger partial charge in [0.2, 0.25) is 0 Å². The van der Waals surface area contributed by atoms with Crippen LogP contribution in [0.25, 0.3) is 0 Å². The summed E-state index contributed by atoms with van der Waals surface area (Å²) < 4.78 is 41.6. The summed E-state index contributed by atoms with van der Waals surface area (Å²) in [6.07, 6.45) is 6.34. The number of carbonyl (C=O) groups is 1. The van der Waals surface area contributed by atoms with Crippen molar-refractivity contribution in [2.45, 2.75) is 50.0 Å². The molecular weight excluding hydrogens is 445 g/mol. The summed E-state index contributed by atoms with van der Waals surface area (Å²) in [6.45, 7) is 4.80. The van der Waals surface area contributed by atoms with E-state index >= 15 is 0 Å². The third-order valence-electron chi connectivity index (χ3n) is 6.66. The number of aromatic carboxylic acids is 1. The lowest BCUT2D eigenvalue weighted by Crippen LogP contribution is -2.51. The van der Waals surface area contributed by atoms with E-state index in [-0.39, 0.29) is 16.1 Å². The normalized spacial score (nSPS) is 18.3. The summed E-state index contributed by atoms with van der Waals surface area (Å²) in [5.74, 6) is -1.78. The van der Waals surface area contributed by atoms with Crippen molar-refractivity contribution >= 4 is 27.4 Å². The molecule has 2 aromatic rings. The molecule has 0 aromatic heterocycles. The fourth-order valence-corrected chi connectivity index (χ4v) is 6.20. The molecule has 0 amide bonds. The zero-order chi connectivity index (χ0) is 23.6. The first-order valence-electron chi connectivity index (χ1n) is 11.4. The molecule has 1 aliphatic heterocycles. The molecule has 0 bridgehead atoms. The van der Waals surface area contributed by atoms with Crippen LogP contribution in [0.4, 0.5) is 15.8 Å². The Hall–Kier alpha value is -2.65. The number of halogens is 1. The van der Waals surface area contributed by atoms with Crippen LogP contribution < -0.4 is 9.62 Å². The summed E-state index contributed by atoms with van der Waals surface area (Å²) in [5, 5.41) is 9.81. The maximum Gasteiger partial charge on any atom is 0.337 e. The first kappa shape index (κ1) is 23.5. The molecule has 1 heterocycles. The Morgan fingerprint density at radius 2 is 1.73 bits per heavy atom. The molecular formula is C24H30FN3O4S. The number of anilines is 2. The SMILES string of the molecule is Cc1ccc(F)cc1S(=O)(=O)Nc1ccc(N2CCN(C3CCCCC3)CC2)c(C(=O)O)c1. The van der Waals surface area contributed by atoms with Gasteiger partial charge in [0, 0.05) is 37.9 Å². The summed E-state index contributed by atoms with van der Waals surface area (Å²) in [4.78, 5) is 16.4. The Labute approximate surface area is 194 Å². The largest absolute Gasteiger partial charge is 0.478 e. The quantitative estimate of drug-likeness (QED) is 0.654. The van der Waals surface area contributed by atoms with Crippen molar-refractivity contribution in [2.75, 3.05) is 35.8 Å². The van der Waals surface area contributed by atoms with Crippen LogP contribution in [-0.2, 0) is 10.0 Å². The molecule has 33 heavy (non-hydrogen) atoms. The van der Waals surface area contributed by atoms with Crippen LogP contribution in [0.15, 0.2) is 41.3 Å². The standard InChI is InChI=1S/C24H30FN3O4S/c1-17-7-8-18(25)15-23(17)33(31,32)26-19-9-10-22(21(16-19)24(29)30)28-13-11-27(12-14-28)20-5-3-2-4-6-20/h7-10,15-16,20,26H,2-6,11-14H2,1H3,(H,29,30). The van der Waals surface area contributed by atoms with Crippen LogP contribution in [0.3, 0.4) is 0 Å². The molecule has 2 fully saturated rings. The van der Waals surface area contributed by atoms with Gasteiger partial charge in [-0.15, -0.1) is 0 Å². The number of piperazine rings is 1. The maximum atomic E-state index is 13.6. The molecule has 4 rings (SSSR count). The van der Waals surface area contributed by atoms with E-state index in [2.05, 4.69) is 14.5 Å². The second-order valence-electron chi connectivity index (χ2n) is 8.87. The van der Waals surface area contributed by atoms with E-state index in [9.17, 15) is 22.7 Å². The number of benzene rings is 2. The van der Waals surface area contributed by atoms with Gasteiger partial charge in [-0.05, 0) is 55.7 Å². The lowest BCUT2D eigenvalue weighted by Gasteiger charge is -2.41. The minimum Gasteiger partial charge on any atom is -0.478 e. The molecule has 0 unspecified atom stereocenters. The van der Waals surface area contributed by atoms with Crippen molar-refractivity contribution in [3.05, 3.63) is 53.3 Å². The lowest BCUT2D eigenvalue weighted by molar-refractivity contribution is 0.0697. The highest BCUT2D eigenvalue weighted by Gasteiger charge is 2.27. The molecule has 1 saturated carbocycles. The van der Waals surface area contributed by atoms with Crippen LogP contribution in [0.1, 0.15) is 48.0 Å². The number of nitrogens with one attached hydrogen (secondary N) is 1. The predicted molar refractivity (Wildman–Crippen MR) is 126 cm³/mol. The van der Waals surface area contributed by atoms with Crippen LogP contribution in [0.2, 0.25) is 0 Å². The van der Waals surface area contributed by atoms with Gasteiger partial charge in [-0.2, -0.15) is 0 Å². The van der Waals surface area contributed by atoms with Crippen molar-refractivity contribution in [3.8, 4) is 0 Å². The first-order chi connectivity index (χ1) is 15.7. The number of hydrogen-bond acceptors (Lipinski definition) is 5. The number of hydrogen-bond donors (Lipinski definition) is 2. The van der Waals surface area contributed by atoms with Crippen LogP contribution >= 0.6 is 0 Å². The van der Waals surface area contributed by atoms with Gasteiger partial charge in [-0.1, -0.05) is 25.3 Å². The Bertz CT molecular complexity index is 1120. The molecule has 0 atom stereocenters. The number of nitrogens with zero attached hydrogens (tertiary/aromatic N) is 2. The van der Waals surface area contributed by atoms with Gasteiger partial charge in [0.05, 0.1) is 16.1 Å². The number of carboxylic acid groups (broad SMARTS) is 1. The average molecular weight is 476 g/mol. The molecule has 9 heteroatoms. The van der Waals surface area contributed by atoms with Crippen molar-refractivity contribution in [3.63, 3.8) is 0 Å². The summed E-state index contributed by atoms with van der Waals surface area (Å²) >= 11 is 0. The molecule has 2 aromatic carbocycles. The number of aryl methyl sites for hydroxylation is 1. The van der Waals surface area contributed by atoms with E-state index in [0.717, 1.165) is 32.2 Å². The summed E-state index contributed by atoms with van der Waals surface area (Å²) in [6, 6.07) is 8.70. The summed E-state index contributed by atoms with van der Waals surface area (Å²) in [7, 11) is -4.07. The zero-order valence-corrected chi connectivity index (χ0v) is 19.6. The Morgan fingerprint density at radius 3 is 2.39 bits per heavy atom. The van der Waals surface area contributed by atoms with Gasteiger partial charge in [-0.3, -0.25) is 9.62 Å². The molecule has 178 valence electrons. The monoisotopic (exact) mass is 475 g/mol. The van der Waals surface area contributed by atoms with Gasteiger partial charge in [-0.25, -0.2) is 17.6 Å². The van der Waals surface area contributed by atoms with Crippen molar-refractivity contribution in [1.29, 1.82) is 0 Å². The second-order valence-corrected chi connectivity index (χ2v) is 10.5. The first-order valence-corrected chi connectivity index (χ1v) is 12.9. The number of rotatable bonds is 6. The van der Waals surface area contributed by atoms with E-state index in [0.29, 0.717) is 17.3 Å². The third-order valence-corrected chi connectivity index (χ3v) is 8.19. The highest BCUT2D eigenvalue weighted by atomic mass is 32.2. The third kappa shape index (κ3) is 5.30. The smallest absolute Gasteiger partial charge is 0.337 e. The van der Waals surface area contributed by atoms with E-state index in [1.165, 1.54) is 50.3 Å². The van der Waals surface area contributed by atoms with E-state index in [1.54, 1.807) is 19.1 Å². The lowest BCUT2D eigenvalue weighted by atomic mass is 9.94. The van der Waals surface area contributed by atoms with Gasteiger partial charge in [0.15, 0.2) is 0 Å². The number of sulfonamides is 1. The highest BCUT2D eigenvalue weighted by Crippen LogP contribution is 2.29. The molecule has 0 radical (unpaired) electrons. The predicted octanol–water partition coefficient (Wildman–Crippen LogP) is 4.09. The fourth-order valence-electron chi connectivity index (χ4n) is 4.89. The van der Waals surface area contributed by atoms with Crippen molar-refractivity contribution < 1.29 is 22.7 Å². The topological polar surface area (TPSA) is 90.0 Å². The van der Waals surface area contributed by atoms with Crippen LogP contribution in [0.5, 0.6) is 0 Å². The van der Waals surface area contributed by atoms with Crippen molar-refractivity contribution in [1.82, 2.24) is 4.90 Å². The highest BCUT2D eigenvalue weighted by molar-refractivity contribution is 7.92. The molecule has 1 aliphatic carbocycles. The van der Waals surface area contributed by atoms with E-state index < -0.39 is 21.8 Å². The maximum absolute atomic E-state index is 13.6. The minimum absolute atomic E-state index is 0.0391. The van der Waals surface area contributed by atoms with E-state index in [4.69, 9.17) is 0 Å². The van der Waals surface area contributed by atoms with Crippen LogP contribution in [-0.4, -0.2) is 56.6 Å². The molecule has 1 saturated heterocycles. The second kappa shape index (κ2) is 9.69. The Kier molecular flexibility index (Phi) is 6.90. The fraction of sp³-hybridized carbons (Fsp3) is 0.458. The van der Waals surface area contributed by atoms with E-state index in [1.807, 2.05) is 0 Å². The Morgan fingerprint density at radius 1 is 1.03 bits per heavy atom. The van der Waals surface area contributed by atoms with Gasteiger partial charge in [0.25, 0.3) is 10.0 Å². The zero-order valence-electron chi connectivity index (χ0n) is 18.8. The molecule has 2 aliphatic rings. The molecule has 2 N–H and O–H groups in total. The van der Waals surface area contributed by atoms with Crippen LogP contribution in [0, 0.1) is 12.7 Å². The summed E-state index contributed by atoms with van der Waals surface area (Å²) in [5.41, 5.74) is 1.14. The molecule has 0 spiro atoms. The number of carboxylic acids is 1. The van der Waals surface area contributed by atoms with Gasteiger partial charge < -0.3 is 10.0 Å². The molecule has 7 nitrogen and oxygen atoms in total. The van der Waals surface area contributed by atoms with Crippen molar-refractivity contribution in [2.24, 2.45) is 0 Å². The van der Waals surface area contributed by atoms with Gasteiger partial charge in [0.1, 0.15) is 5.82 Å². The average Bonchev–Trinajstić information content (AvgIpc) is 2.81. The van der Waals surface area contributed by atoms with Gasteiger partial charge >= 0.3 is 5.97 Å². The minimum atomic E-state index is -4.07.